The van der Waals surface area contributed by atoms with E-state index in [-0.39, 0.29) is 6.61 Å². The summed E-state index contributed by atoms with van der Waals surface area (Å²) in [4.78, 5) is 0. The molecule has 64 valence electrons. The maximum absolute atomic E-state index is 12.8. The second-order valence-corrected chi connectivity index (χ2v) is 2.76. The minimum atomic E-state index is -1.76. The van der Waals surface area contributed by atoms with Gasteiger partial charge in [-0.2, -0.15) is 0 Å². The Morgan fingerprint density at radius 3 is 2.73 bits per heavy atom. The molecular weight excluding hydrogens is 158 g/mol. The van der Waals surface area contributed by atoms with E-state index in [4.69, 9.17) is 14.6 Å². The van der Waals surface area contributed by atoms with Crippen molar-refractivity contribution in [1.82, 2.24) is 0 Å². The maximum atomic E-state index is 12.8. The molecule has 2 aliphatic heterocycles. The van der Waals surface area contributed by atoms with Gasteiger partial charge in [0, 0.05) is 0 Å². The molecule has 2 bridgehead atoms. The van der Waals surface area contributed by atoms with E-state index in [0.717, 1.165) is 0 Å². The highest BCUT2D eigenvalue weighted by atomic mass is 19.1. The van der Waals surface area contributed by atoms with Gasteiger partial charge in [-0.05, 0) is 0 Å². The summed E-state index contributed by atoms with van der Waals surface area (Å²) in [5.41, 5.74) is 0. The normalized spacial score (nSPS) is 56.5. The van der Waals surface area contributed by atoms with Gasteiger partial charge in [-0.25, -0.2) is 8.78 Å². The zero-order valence-corrected chi connectivity index (χ0v) is 5.61. The lowest BCUT2D eigenvalue weighted by molar-refractivity contribution is -0.192. The molecule has 0 aromatic heterocycles. The van der Waals surface area contributed by atoms with Gasteiger partial charge in [0.1, 0.15) is 12.2 Å². The van der Waals surface area contributed by atoms with Crippen LogP contribution >= 0.6 is 0 Å². The molecule has 2 fully saturated rings. The van der Waals surface area contributed by atoms with E-state index in [2.05, 4.69) is 0 Å². The summed E-state index contributed by atoms with van der Waals surface area (Å²) in [5.74, 6) is 0. The van der Waals surface area contributed by atoms with E-state index in [9.17, 15) is 8.78 Å². The molecule has 2 aliphatic rings. The van der Waals surface area contributed by atoms with Gasteiger partial charge in [0.2, 0.25) is 0 Å². The topological polar surface area (TPSA) is 38.7 Å². The summed E-state index contributed by atoms with van der Waals surface area (Å²) >= 11 is 0. The van der Waals surface area contributed by atoms with Crippen molar-refractivity contribution in [1.29, 1.82) is 0 Å². The summed E-state index contributed by atoms with van der Waals surface area (Å²) in [5, 5.41) is 8.92. The standard InChI is InChI=1S/C6H8F2O3/c7-3-2-1-10-6(11-2)4(8)5(3)9/h2-6,9H,1H2/t2-,3+,4+,5-,6+/m0/s1. The Hall–Kier alpha value is -0.260. The quantitative estimate of drug-likeness (QED) is 0.540. The van der Waals surface area contributed by atoms with Crippen molar-refractivity contribution in [2.45, 2.75) is 30.8 Å². The van der Waals surface area contributed by atoms with Crippen LogP contribution in [0.1, 0.15) is 0 Å². The number of hydrogen-bond donors (Lipinski definition) is 1. The Kier molecular flexibility index (Phi) is 1.59. The van der Waals surface area contributed by atoms with Gasteiger partial charge in [-0.1, -0.05) is 0 Å². The van der Waals surface area contributed by atoms with E-state index in [1.54, 1.807) is 0 Å². The first kappa shape index (κ1) is 7.39. The van der Waals surface area contributed by atoms with Crippen molar-refractivity contribution < 1.29 is 23.4 Å². The highest BCUT2D eigenvalue weighted by molar-refractivity contribution is 4.93. The lowest BCUT2D eigenvalue weighted by Gasteiger charge is -2.29. The number of rotatable bonds is 0. The minimum absolute atomic E-state index is 0.0311. The van der Waals surface area contributed by atoms with Crippen molar-refractivity contribution >= 4 is 0 Å². The smallest absolute Gasteiger partial charge is 0.192 e. The molecule has 0 aliphatic carbocycles. The van der Waals surface area contributed by atoms with Gasteiger partial charge in [0.15, 0.2) is 18.6 Å². The molecule has 0 saturated carbocycles. The van der Waals surface area contributed by atoms with Crippen LogP contribution in [0.5, 0.6) is 0 Å². The summed E-state index contributed by atoms with van der Waals surface area (Å²) in [7, 11) is 0. The molecule has 3 nitrogen and oxygen atoms in total. The maximum Gasteiger partial charge on any atom is 0.192 e. The van der Waals surface area contributed by atoms with Crippen LogP contribution in [0, 0.1) is 0 Å². The third-order valence-corrected chi connectivity index (χ3v) is 2.00. The number of fused-ring (bicyclic) bond motifs is 2. The van der Waals surface area contributed by atoms with Crippen molar-refractivity contribution in [2.75, 3.05) is 6.61 Å². The second-order valence-electron chi connectivity index (χ2n) is 2.76. The number of aliphatic hydroxyl groups is 1. The lowest BCUT2D eigenvalue weighted by Crippen LogP contribution is -2.49. The van der Waals surface area contributed by atoms with Gasteiger partial charge >= 0.3 is 0 Å². The predicted molar refractivity (Wildman–Crippen MR) is 30.4 cm³/mol. The first-order valence-electron chi connectivity index (χ1n) is 3.43. The molecule has 0 aromatic carbocycles. The van der Waals surface area contributed by atoms with E-state index >= 15 is 0 Å². The molecule has 2 saturated heterocycles. The lowest BCUT2D eigenvalue weighted by atomic mass is 10.0. The SMILES string of the molecule is O[C@@H]1[C@@H](F)[C@@H]2OC[C@H](O2)[C@H]1F. The number of halogens is 2. The molecule has 5 heteroatoms. The molecule has 2 heterocycles. The van der Waals surface area contributed by atoms with Crippen molar-refractivity contribution in [2.24, 2.45) is 0 Å². The van der Waals surface area contributed by atoms with Gasteiger partial charge in [0.05, 0.1) is 6.61 Å². The first-order chi connectivity index (χ1) is 5.20. The second kappa shape index (κ2) is 2.36. The minimum Gasteiger partial charge on any atom is -0.387 e. The molecule has 11 heavy (non-hydrogen) atoms. The molecule has 0 spiro atoms. The third-order valence-electron chi connectivity index (χ3n) is 2.00. The third kappa shape index (κ3) is 0.953. The molecular formula is C6H8F2O3. The first-order valence-corrected chi connectivity index (χ1v) is 3.43. The molecule has 1 N–H and O–H groups in total. The van der Waals surface area contributed by atoms with Gasteiger partial charge in [0.25, 0.3) is 0 Å². The monoisotopic (exact) mass is 166 g/mol. The van der Waals surface area contributed by atoms with Crippen LogP contribution in [0.15, 0.2) is 0 Å². The van der Waals surface area contributed by atoms with Gasteiger partial charge in [-0.15, -0.1) is 0 Å². The molecule has 5 atom stereocenters. The number of ether oxygens (including phenoxy) is 2. The summed E-state index contributed by atoms with van der Waals surface area (Å²) in [6.45, 7) is 0.0311. The van der Waals surface area contributed by atoms with Crippen LogP contribution < -0.4 is 0 Å². The summed E-state index contributed by atoms with van der Waals surface area (Å²) in [6.07, 6.45) is -6.88. The van der Waals surface area contributed by atoms with Crippen molar-refractivity contribution in [3.63, 3.8) is 0 Å². The number of hydrogen-bond acceptors (Lipinski definition) is 3. The number of alkyl halides is 2. The Labute approximate surface area is 61.9 Å². The summed E-state index contributed by atoms with van der Waals surface area (Å²) < 4.78 is 35.1. The summed E-state index contributed by atoms with van der Waals surface area (Å²) in [6, 6.07) is 0. The van der Waals surface area contributed by atoms with Crippen LogP contribution in [0.4, 0.5) is 8.78 Å². The average Bonchev–Trinajstić information content (AvgIpc) is 2.44. The largest absolute Gasteiger partial charge is 0.387 e. The average molecular weight is 166 g/mol. The van der Waals surface area contributed by atoms with Crippen LogP contribution in [0.2, 0.25) is 0 Å². The fourth-order valence-corrected chi connectivity index (χ4v) is 1.33. The van der Waals surface area contributed by atoms with E-state index < -0.39 is 30.8 Å². The van der Waals surface area contributed by atoms with E-state index in [1.165, 1.54) is 0 Å². The highest BCUT2D eigenvalue weighted by Crippen LogP contribution is 2.31. The molecule has 0 radical (unpaired) electrons. The zero-order valence-electron chi connectivity index (χ0n) is 5.61. The molecule has 0 aromatic rings. The fraction of sp³-hybridized carbons (Fsp3) is 1.00. The Morgan fingerprint density at radius 2 is 2.00 bits per heavy atom. The Bertz CT molecular complexity index is 146. The van der Waals surface area contributed by atoms with Crippen molar-refractivity contribution in [3.05, 3.63) is 0 Å². The van der Waals surface area contributed by atoms with Crippen LogP contribution in [0.3, 0.4) is 0 Å². The van der Waals surface area contributed by atoms with E-state index in [0.29, 0.717) is 0 Å². The van der Waals surface area contributed by atoms with Crippen LogP contribution in [0.25, 0.3) is 0 Å². The van der Waals surface area contributed by atoms with Crippen molar-refractivity contribution in [3.8, 4) is 0 Å². The highest BCUT2D eigenvalue weighted by Gasteiger charge is 2.50. The Balaban J connectivity index is 2.16. The fourth-order valence-electron chi connectivity index (χ4n) is 1.33. The molecule has 0 amide bonds. The van der Waals surface area contributed by atoms with Crippen LogP contribution in [-0.2, 0) is 9.47 Å². The number of aliphatic hydroxyl groups excluding tert-OH is 1. The van der Waals surface area contributed by atoms with Gasteiger partial charge in [-0.3, -0.25) is 0 Å². The van der Waals surface area contributed by atoms with Crippen LogP contribution in [-0.4, -0.2) is 42.6 Å². The van der Waals surface area contributed by atoms with Gasteiger partial charge < -0.3 is 14.6 Å². The van der Waals surface area contributed by atoms with E-state index in [1.807, 2.05) is 0 Å². The molecule has 0 unspecified atom stereocenters. The predicted octanol–water partition coefficient (Wildman–Crippen LogP) is -0.221. The molecule has 2 rings (SSSR count). The Morgan fingerprint density at radius 1 is 1.27 bits per heavy atom. The zero-order chi connectivity index (χ0) is 8.01.